The van der Waals surface area contributed by atoms with Gasteiger partial charge in [0.05, 0.1) is 52.3 Å². The lowest BCUT2D eigenvalue weighted by molar-refractivity contribution is -0.142. The Morgan fingerprint density at radius 3 is 2.19 bits per heavy atom. The molecule has 15 nitrogen and oxygen atoms in total. The van der Waals surface area contributed by atoms with Crippen LogP contribution in [0.1, 0.15) is 58.8 Å². The van der Waals surface area contributed by atoms with Crippen LogP contribution in [-0.2, 0) is 33.3 Å². The van der Waals surface area contributed by atoms with Gasteiger partial charge in [-0.15, -0.1) is 0 Å². The lowest BCUT2D eigenvalue weighted by Gasteiger charge is -2.35. The first kappa shape index (κ1) is 42.1. The first-order valence-corrected chi connectivity index (χ1v) is 19.6. The number of carbonyl (C=O) groups is 4. The fourth-order valence-corrected chi connectivity index (χ4v) is 7.25. The minimum absolute atomic E-state index is 0.0203. The third-order valence-electron chi connectivity index (χ3n) is 9.33. The van der Waals surface area contributed by atoms with Crippen molar-refractivity contribution in [3.8, 4) is 11.3 Å². The Kier molecular flexibility index (Phi) is 18.4. The molecule has 1 aromatic heterocycles. The number of urea groups is 1. The summed E-state index contributed by atoms with van der Waals surface area (Å²) in [5.41, 5.74) is 1.27. The fourth-order valence-electron chi connectivity index (χ4n) is 6.37. The lowest BCUT2D eigenvalue weighted by atomic mass is 9.83. The molecule has 1 aromatic carbocycles. The number of nitrogens with zero attached hydrogens (tertiary/aromatic N) is 2. The van der Waals surface area contributed by atoms with E-state index in [1.54, 1.807) is 18.9 Å². The molecule has 2 aromatic rings. The largest absolute Gasteiger partial charge is 0.379 e. The third-order valence-corrected chi connectivity index (χ3v) is 10.2. The Labute approximate surface area is 316 Å². The number of aromatic nitrogens is 1. The van der Waals surface area contributed by atoms with E-state index in [0.717, 1.165) is 49.0 Å². The van der Waals surface area contributed by atoms with Crippen molar-refractivity contribution in [2.75, 3.05) is 83.6 Å². The number of benzene rings is 1. The Morgan fingerprint density at radius 1 is 0.868 bits per heavy atom. The number of ether oxygens (including phenoxy) is 4. The fraction of sp³-hybridized carbons (Fsp3) is 0.649. The van der Waals surface area contributed by atoms with Gasteiger partial charge < -0.3 is 45.1 Å². The van der Waals surface area contributed by atoms with E-state index in [9.17, 15) is 19.2 Å². The van der Waals surface area contributed by atoms with Gasteiger partial charge in [0, 0.05) is 25.3 Å². The van der Waals surface area contributed by atoms with Crippen LogP contribution in [0.2, 0.25) is 0 Å². The average Bonchev–Trinajstić information content (AvgIpc) is 3.83. The average molecular weight is 760 g/mol. The highest BCUT2D eigenvalue weighted by Crippen LogP contribution is 2.37. The number of nitrogens with one attached hydrogen (secondary N) is 5. The molecule has 2 fully saturated rings. The highest BCUT2D eigenvalue weighted by Gasteiger charge is 2.41. The van der Waals surface area contributed by atoms with Crippen molar-refractivity contribution < 1.29 is 38.1 Å². The summed E-state index contributed by atoms with van der Waals surface area (Å²) in [7, 11) is 1.71. The zero-order chi connectivity index (χ0) is 37.8. The Balaban J connectivity index is 1.32. The summed E-state index contributed by atoms with van der Waals surface area (Å²) < 4.78 is 21.6. The summed E-state index contributed by atoms with van der Waals surface area (Å²) in [6, 6.07) is 7.06. The lowest BCUT2D eigenvalue weighted by Crippen LogP contribution is -2.57. The van der Waals surface area contributed by atoms with Crippen molar-refractivity contribution >= 4 is 45.2 Å². The Bertz CT molecular complexity index is 1430. The number of likely N-dealkylation sites (tertiary alicyclic amines) is 1. The number of anilines is 2. The van der Waals surface area contributed by atoms with Crippen LogP contribution in [0.4, 0.5) is 14.9 Å². The summed E-state index contributed by atoms with van der Waals surface area (Å²) in [5.74, 6) is -0.762. The van der Waals surface area contributed by atoms with Crippen molar-refractivity contribution in [1.82, 2.24) is 25.8 Å². The first-order valence-electron chi connectivity index (χ1n) is 18.8. The maximum absolute atomic E-state index is 14.1. The molecule has 16 heteroatoms. The van der Waals surface area contributed by atoms with Crippen LogP contribution in [0.25, 0.3) is 11.3 Å². The van der Waals surface area contributed by atoms with Gasteiger partial charge in [-0.2, -0.15) is 0 Å². The van der Waals surface area contributed by atoms with E-state index in [-0.39, 0.29) is 30.2 Å². The number of amides is 5. The van der Waals surface area contributed by atoms with Crippen LogP contribution in [0.15, 0.2) is 30.3 Å². The van der Waals surface area contributed by atoms with Gasteiger partial charge in [0.25, 0.3) is 0 Å². The van der Waals surface area contributed by atoms with E-state index in [1.165, 1.54) is 0 Å². The van der Waals surface area contributed by atoms with Gasteiger partial charge in [0.2, 0.25) is 17.7 Å². The van der Waals surface area contributed by atoms with E-state index in [4.69, 9.17) is 18.9 Å². The van der Waals surface area contributed by atoms with Gasteiger partial charge in [0.1, 0.15) is 22.8 Å². The Hall–Kier alpha value is -3.67. The first-order chi connectivity index (χ1) is 25.8. The molecule has 3 atom stereocenters. The predicted molar refractivity (Wildman–Crippen MR) is 204 cm³/mol. The van der Waals surface area contributed by atoms with Crippen molar-refractivity contribution in [3.63, 3.8) is 0 Å². The normalized spacial score (nSPS) is 17.3. The standard InChI is InChI=1S/C37H57N7O8S/c1-4-49-20-21-51-24-25-52-23-22-50-19-17-39-36(48)43-37-41-30(27-12-7-5-8-13-27)34(53-37)42-33(46)29-16-11-18-44(29)35(47)31(28-14-9-6-10-15-28)40-32(45)26(2)38-3/h5,7-8,12-13,26,28-29,31,38H,4,6,9-11,14-25H2,1-3H3,(H,40,45)(H,42,46)(H2,39,41,43,48)/t26-,29-,31-/m0/s1. The zero-order valence-electron chi connectivity index (χ0n) is 31.3. The molecular formula is C37H57N7O8S. The predicted octanol–water partition coefficient (Wildman–Crippen LogP) is 3.62. The molecule has 0 spiro atoms. The highest BCUT2D eigenvalue weighted by molar-refractivity contribution is 7.20. The van der Waals surface area contributed by atoms with Crippen LogP contribution in [0, 0.1) is 5.92 Å². The molecular weight excluding hydrogens is 703 g/mol. The van der Waals surface area contributed by atoms with Crippen molar-refractivity contribution in [3.05, 3.63) is 30.3 Å². The molecule has 4 rings (SSSR count). The highest BCUT2D eigenvalue weighted by atomic mass is 32.1. The maximum atomic E-state index is 14.1. The summed E-state index contributed by atoms with van der Waals surface area (Å²) >= 11 is 1.14. The SMILES string of the molecule is CCOCCOCCOCCOCCNC(=O)Nc1nc(-c2ccccc2)c(NC(=O)[C@@H]2CCCN2C(=O)[C@@H](NC(=O)[C@H](C)NC)C2CCCCC2)s1. The molecule has 294 valence electrons. The number of thiazole rings is 1. The Morgan fingerprint density at radius 2 is 1.53 bits per heavy atom. The van der Waals surface area contributed by atoms with Gasteiger partial charge in [-0.05, 0) is 52.5 Å². The molecule has 0 radical (unpaired) electrons. The molecule has 1 saturated carbocycles. The third kappa shape index (κ3) is 13.6. The van der Waals surface area contributed by atoms with E-state index in [1.807, 2.05) is 37.3 Å². The summed E-state index contributed by atoms with van der Waals surface area (Å²) in [6.45, 7) is 8.22. The van der Waals surface area contributed by atoms with E-state index in [2.05, 4.69) is 31.6 Å². The van der Waals surface area contributed by atoms with Gasteiger partial charge in [-0.3, -0.25) is 19.7 Å². The van der Waals surface area contributed by atoms with Crippen molar-refractivity contribution in [1.29, 1.82) is 0 Å². The molecule has 2 heterocycles. The van der Waals surface area contributed by atoms with Crippen LogP contribution in [0.5, 0.6) is 0 Å². The van der Waals surface area contributed by atoms with Gasteiger partial charge in [0.15, 0.2) is 5.13 Å². The van der Waals surface area contributed by atoms with Crippen LogP contribution < -0.4 is 26.6 Å². The van der Waals surface area contributed by atoms with Gasteiger partial charge in [-0.1, -0.05) is 60.9 Å². The van der Waals surface area contributed by atoms with E-state index < -0.39 is 24.2 Å². The van der Waals surface area contributed by atoms with Gasteiger partial charge >= 0.3 is 6.03 Å². The second kappa shape index (κ2) is 23.2. The minimum atomic E-state index is -0.706. The zero-order valence-corrected chi connectivity index (χ0v) is 32.1. The molecule has 0 unspecified atom stereocenters. The van der Waals surface area contributed by atoms with Gasteiger partial charge in [-0.25, -0.2) is 9.78 Å². The quantitative estimate of drug-likeness (QED) is 0.111. The second-order valence-corrected chi connectivity index (χ2v) is 14.1. The minimum Gasteiger partial charge on any atom is -0.379 e. The van der Waals surface area contributed by atoms with Crippen molar-refractivity contribution in [2.45, 2.75) is 76.9 Å². The molecule has 1 aliphatic heterocycles. The molecule has 1 aliphatic carbocycles. The number of hydrogen-bond donors (Lipinski definition) is 5. The number of likely N-dealkylation sites (N-methyl/N-ethyl adjacent to an activating group) is 1. The monoisotopic (exact) mass is 759 g/mol. The molecule has 5 N–H and O–H groups in total. The van der Waals surface area contributed by atoms with Crippen LogP contribution in [-0.4, -0.2) is 125 Å². The second-order valence-electron chi connectivity index (χ2n) is 13.1. The summed E-state index contributed by atoms with van der Waals surface area (Å²) in [4.78, 5) is 60.0. The molecule has 5 amide bonds. The maximum Gasteiger partial charge on any atom is 0.321 e. The summed E-state index contributed by atoms with van der Waals surface area (Å²) in [5, 5.41) is 15.3. The van der Waals surface area contributed by atoms with E-state index in [0.29, 0.717) is 88.1 Å². The number of hydrogen-bond acceptors (Lipinski definition) is 11. The molecule has 2 aliphatic rings. The van der Waals surface area contributed by atoms with Crippen LogP contribution in [0.3, 0.4) is 0 Å². The topological polar surface area (TPSA) is 181 Å². The summed E-state index contributed by atoms with van der Waals surface area (Å²) in [6.07, 6.45) is 6.01. The molecule has 1 saturated heterocycles. The van der Waals surface area contributed by atoms with Crippen LogP contribution >= 0.6 is 11.3 Å². The number of rotatable bonds is 22. The van der Waals surface area contributed by atoms with Crippen molar-refractivity contribution in [2.24, 2.45) is 5.92 Å². The molecule has 0 bridgehead atoms. The molecule has 53 heavy (non-hydrogen) atoms. The number of carbonyl (C=O) groups excluding carboxylic acids is 4. The smallest absolute Gasteiger partial charge is 0.321 e. The van der Waals surface area contributed by atoms with E-state index >= 15 is 0 Å².